The van der Waals surface area contributed by atoms with Crippen molar-refractivity contribution in [2.24, 2.45) is 0 Å². The summed E-state index contributed by atoms with van der Waals surface area (Å²) in [4.78, 5) is 0. The van der Waals surface area contributed by atoms with Gasteiger partial charge in [0.05, 0.1) is 17.9 Å². The first-order chi connectivity index (χ1) is 9.13. The fourth-order valence-electron chi connectivity index (χ4n) is 1.80. The summed E-state index contributed by atoms with van der Waals surface area (Å²) in [6, 6.07) is 6.00. The van der Waals surface area contributed by atoms with Crippen LogP contribution in [0.4, 0.5) is 0 Å². The van der Waals surface area contributed by atoms with Crippen LogP contribution in [0, 0.1) is 0 Å². The summed E-state index contributed by atoms with van der Waals surface area (Å²) in [5.41, 5.74) is 0.801. The van der Waals surface area contributed by atoms with Crippen molar-refractivity contribution >= 4 is 0 Å². The molecule has 6 heteroatoms. The monoisotopic (exact) mass is 265 g/mol. The molecule has 6 nitrogen and oxygen atoms in total. The van der Waals surface area contributed by atoms with E-state index in [-0.39, 0.29) is 18.8 Å². The predicted molar refractivity (Wildman–Crippen MR) is 66.3 cm³/mol. The molecule has 1 aromatic heterocycles. The van der Waals surface area contributed by atoms with Crippen molar-refractivity contribution in [2.45, 2.75) is 18.6 Å². The molecular formula is C13H15NO5. The van der Waals surface area contributed by atoms with Crippen LogP contribution in [-0.2, 0) is 0 Å². The molecule has 0 aliphatic rings. The lowest BCUT2D eigenvalue weighted by atomic mass is 9.99. The normalized spacial score (nSPS) is 14.3. The van der Waals surface area contributed by atoms with E-state index >= 15 is 0 Å². The Hall–Kier alpha value is -1.89. The fraction of sp³-hybridized carbons (Fsp3) is 0.308. The standard InChI is InChI=1S/C13H15NO5/c15-6-4-11(17)13(18)8-1-2-10(16)9(7-8)12-3-5-14-19-12/h1-3,5,7,11,13,15-18H,4,6H2. The highest BCUT2D eigenvalue weighted by Crippen LogP contribution is 2.32. The van der Waals surface area contributed by atoms with Crippen molar-refractivity contribution in [1.29, 1.82) is 0 Å². The number of hydrogen-bond acceptors (Lipinski definition) is 6. The highest BCUT2D eigenvalue weighted by Gasteiger charge is 2.20. The lowest BCUT2D eigenvalue weighted by molar-refractivity contribution is 0.00421. The Balaban J connectivity index is 2.31. The summed E-state index contributed by atoms with van der Waals surface area (Å²) >= 11 is 0. The molecule has 0 saturated heterocycles. The molecule has 0 saturated carbocycles. The Labute approximate surface area is 109 Å². The van der Waals surface area contributed by atoms with Crippen molar-refractivity contribution in [1.82, 2.24) is 5.16 Å². The molecule has 0 aliphatic carbocycles. The number of hydrogen-bond donors (Lipinski definition) is 4. The van der Waals surface area contributed by atoms with E-state index in [4.69, 9.17) is 9.63 Å². The Morgan fingerprint density at radius 1 is 1.21 bits per heavy atom. The van der Waals surface area contributed by atoms with Crippen molar-refractivity contribution < 1.29 is 24.9 Å². The van der Waals surface area contributed by atoms with Crippen molar-refractivity contribution in [3.8, 4) is 17.1 Å². The Kier molecular flexibility index (Phi) is 4.16. The van der Waals surface area contributed by atoms with E-state index in [1.807, 2.05) is 0 Å². The van der Waals surface area contributed by atoms with Gasteiger partial charge in [-0.25, -0.2) is 0 Å². The number of aromatic hydroxyl groups is 1. The van der Waals surface area contributed by atoms with Gasteiger partial charge in [-0.1, -0.05) is 11.2 Å². The van der Waals surface area contributed by atoms with E-state index in [2.05, 4.69) is 5.16 Å². The summed E-state index contributed by atoms with van der Waals surface area (Å²) in [5, 5.41) is 41.7. The minimum Gasteiger partial charge on any atom is -0.507 e. The number of phenolic OH excluding ortho intramolecular Hbond substituents is 1. The zero-order valence-electron chi connectivity index (χ0n) is 10.1. The molecule has 2 unspecified atom stereocenters. The summed E-state index contributed by atoms with van der Waals surface area (Å²) in [6.45, 7) is -0.217. The number of aliphatic hydroxyl groups is 3. The van der Waals surface area contributed by atoms with Crippen molar-refractivity contribution in [2.75, 3.05) is 6.61 Å². The topological polar surface area (TPSA) is 107 Å². The van der Waals surface area contributed by atoms with Crippen LogP contribution in [0.25, 0.3) is 11.3 Å². The van der Waals surface area contributed by atoms with Gasteiger partial charge in [0.1, 0.15) is 11.9 Å². The van der Waals surface area contributed by atoms with Crippen LogP contribution in [0.5, 0.6) is 5.75 Å². The number of rotatable bonds is 5. The maximum atomic E-state index is 9.94. The summed E-state index contributed by atoms with van der Waals surface area (Å²) in [6.07, 6.45) is -0.704. The Morgan fingerprint density at radius 3 is 2.63 bits per heavy atom. The van der Waals surface area contributed by atoms with E-state index in [9.17, 15) is 15.3 Å². The summed E-state index contributed by atoms with van der Waals surface area (Å²) < 4.78 is 4.95. The van der Waals surface area contributed by atoms with E-state index in [0.29, 0.717) is 16.9 Å². The first-order valence-electron chi connectivity index (χ1n) is 5.84. The molecule has 0 bridgehead atoms. The number of nitrogens with zero attached hydrogens (tertiary/aromatic N) is 1. The second-order valence-corrected chi connectivity index (χ2v) is 4.18. The van der Waals surface area contributed by atoms with Gasteiger partial charge in [-0.05, 0) is 24.1 Å². The van der Waals surface area contributed by atoms with Gasteiger partial charge < -0.3 is 24.9 Å². The number of benzene rings is 1. The lowest BCUT2D eigenvalue weighted by Gasteiger charge is -2.18. The van der Waals surface area contributed by atoms with Gasteiger partial charge in [0.15, 0.2) is 5.76 Å². The molecule has 0 amide bonds. The number of aliphatic hydroxyl groups excluding tert-OH is 3. The maximum Gasteiger partial charge on any atom is 0.170 e. The minimum absolute atomic E-state index is 0.00986. The molecule has 2 rings (SSSR count). The Morgan fingerprint density at radius 2 is 2.00 bits per heavy atom. The molecule has 0 spiro atoms. The third-order valence-corrected chi connectivity index (χ3v) is 2.85. The molecular weight excluding hydrogens is 250 g/mol. The van der Waals surface area contributed by atoms with Crippen LogP contribution in [0.1, 0.15) is 18.1 Å². The third-order valence-electron chi connectivity index (χ3n) is 2.85. The van der Waals surface area contributed by atoms with Gasteiger partial charge >= 0.3 is 0 Å². The summed E-state index contributed by atoms with van der Waals surface area (Å²) in [7, 11) is 0. The minimum atomic E-state index is -1.14. The molecule has 1 aromatic carbocycles. The van der Waals surface area contributed by atoms with E-state index in [1.165, 1.54) is 24.4 Å². The van der Waals surface area contributed by atoms with E-state index in [1.54, 1.807) is 6.07 Å². The van der Waals surface area contributed by atoms with Gasteiger partial charge in [-0.15, -0.1) is 0 Å². The van der Waals surface area contributed by atoms with Crippen molar-refractivity contribution in [3.05, 3.63) is 36.0 Å². The first-order valence-corrected chi connectivity index (χ1v) is 5.84. The van der Waals surface area contributed by atoms with Crippen LogP contribution >= 0.6 is 0 Å². The smallest absolute Gasteiger partial charge is 0.170 e. The van der Waals surface area contributed by atoms with Crippen LogP contribution in [0.3, 0.4) is 0 Å². The number of aromatic nitrogens is 1. The zero-order chi connectivity index (χ0) is 13.8. The van der Waals surface area contributed by atoms with Crippen molar-refractivity contribution in [3.63, 3.8) is 0 Å². The van der Waals surface area contributed by atoms with Crippen LogP contribution in [-0.4, -0.2) is 38.3 Å². The second kappa shape index (κ2) is 5.83. The molecule has 2 aromatic rings. The average Bonchev–Trinajstić information content (AvgIpc) is 2.92. The molecule has 2 atom stereocenters. The maximum absolute atomic E-state index is 9.94. The van der Waals surface area contributed by atoms with Crippen LogP contribution in [0.2, 0.25) is 0 Å². The van der Waals surface area contributed by atoms with E-state index < -0.39 is 12.2 Å². The quantitative estimate of drug-likeness (QED) is 0.637. The predicted octanol–water partition coefficient (Wildman–Crippen LogP) is 0.824. The molecule has 102 valence electrons. The zero-order valence-corrected chi connectivity index (χ0v) is 10.1. The van der Waals surface area contributed by atoms with Gasteiger partial charge in [-0.2, -0.15) is 0 Å². The first kappa shape index (κ1) is 13.5. The molecule has 0 aliphatic heterocycles. The molecule has 1 heterocycles. The van der Waals surface area contributed by atoms with E-state index in [0.717, 1.165) is 0 Å². The van der Waals surface area contributed by atoms with Crippen LogP contribution in [0.15, 0.2) is 35.0 Å². The molecule has 19 heavy (non-hydrogen) atoms. The van der Waals surface area contributed by atoms with Gasteiger partial charge in [0, 0.05) is 12.7 Å². The van der Waals surface area contributed by atoms with Gasteiger partial charge in [-0.3, -0.25) is 0 Å². The highest BCUT2D eigenvalue weighted by molar-refractivity contribution is 5.66. The Bertz CT molecular complexity index is 526. The lowest BCUT2D eigenvalue weighted by Crippen LogP contribution is -2.19. The van der Waals surface area contributed by atoms with Gasteiger partial charge in [0.25, 0.3) is 0 Å². The third kappa shape index (κ3) is 2.93. The largest absolute Gasteiger partial charge is 0.507 e. The average molecular weight is 265 g/mol. The second-order valence-electron chi connectivity index (χ2n) is 4.18. The molecule has 4 N–H and O–H groups in total. The fourth-order valence-corrected chi connectivity index (χ4v) is 1.80. The molecule has 0 radical (unpaired) electrons. The number of phenols is 1. The van der Waals surface area contributed by atoms with Crippen LogP contribution < -0.4 is 0 Å². The molecule has 0 fully saturated rings. The SMILES string of the molecule is OCCC(O)C(O)c1ccc(O)c(-c2ccno2)c1. The summed E-state index contributed by atoms with van der Waals surface area (Å²) in [5.74, 6) is 0.354. The van der Waals surface area contributed by atoms with Gasteiger partial charge in [0.2, 0.25) is 0 Å². The highest BCUT2D eigenvalue weighted by atomic mass is 16.5.